The highest BCUT2D eigenvalue weighted by atomic mass is 16.4. The Balaban J connectivity index is 2.05. The van der Waals surface area contributed by atoms with Crippen LogP contribution >= 0.6 is 0 Å². The number of aromatic hydroxyl groups is 2. The van der Waals surface area contributed by atoms with Gasteiger partial charge in [0.2, 0.25) is 0 Å². The summed E-state index contributed by atoms with van der Waals surface area (Å²) in [7, 11) is 0. The molecule has 0 saturated carbocycles. The molecule has 3 rings (SSSR count). The molecule has 1 aromatic heterocycles. The van der Waals surface area contributed by atoms with Gasteiger partial charge < -0.3 is 14.6 Å². The van der Waals surface area contributed by atoms with E-state index in [-0.39, 0.29) is 17.1 Å². The Labute approximate surface area is 143 Å². The van der Waals surface area contributed by atoms with Crippen molar-refractivity contribution in [2.24, 2.45) is 0 Å². The lowest BCUT2D eigenvalue weighted by atomic mass is 10.0. The van der Waals surface area contributed by atoms with Crippen molar-refractivity contribution in [2.75, 3.05) is 0 Å². The Morgan fingerprint density at radius 2 is 1.68 bits per heavy atom. The summed E-state index contributed by atoms with van der Waals surface area (Å²) in [6, 6.07) is 9.55. The van der Waals surface area contributed by atoms with Gasteiger partial charge in [-0.15, -0.1) is 0 Å². The van der Waals surface area contributed by atoms with Crippen LogP contribution in [-0.4, -0.2) is 16.0 Å². The Hall–Kier alpha value is -3.34. The van der Waals surface area contributed by atoms with E-state index in [9.17, 15) is 19.8 Å². The van der Waals surface area contributed by atoms with Crippen molar-refractivity contribution >= 4 is 22.8 Å². The van der Waals surface area contributed by atoms with Crippen LogP contribution in [0.15, 0.2) is 51.7 Å². The highest BCUT2D eigenvalue weighted by Gasteiger charge is 2.19. The lowest BCUT2D eigenvalue weighted by Crippen LogP contribution is -2.13. The summed E-state index contributed by atoms with van der Waals surface area (Å²) in [5.41, 5.74) is 1.46. The van der Waals surface area contributed by atoms with Gasteiger partial charge in [0.25, 0.3) is 0 Å². The first-order valence-electron chi connectivity index (χ1n) is 7.65. The third kappa shape index (κ3) is 3.17. The number of hydrogen-bond acceptors (Lipinski definition) is 5. The minimum atomic E-state index is -0.881. The first-order chi connectivity index (χ1) is 11.9. The zero-order valence-corrected chi connectivity index (χ0v) is 13.7. The van der Waals surface area contributed by atoms with E-state index >= 15 is 0 Å². The monoisotopic (exact) mass is 336 g/mol. The molecule has 5 nitrogen and oxygen atoms in total. The number of carbonyl (C=O) groups excluding carboxylic acids is 1. The van der Waals surface area contributed by atoms with Crippen LogP contribution in [0.2, 0.25) is 0 Å². The predicted octanol–water partition coefficient (Wildman–Crippen LogP) is 3.72. The minimum absolute atomic E-state index is 0.113. The highest BCUT2D eigenvalue weighted by molar-refractivity contribution is 6.10. The SMILES string of the molecule is Cc1cc2oc(=O)c(C(=O)/C=C/c3ccc(O)cc3)c(O)c2cc1C. The van der Waals surface area contributed by atoms with E-state index in [2.05, 4.69) is 0 Å². The van der Waals surface area contributed by atoms with Crippen molar-refractivity contribution in [3.63, 3.8) is 0 Å². The molecule has 0 saturated heterocycles. The molecule has 0 bridgehead atoms. The van der Waals surface area contributed by atoms with E-state index in [1.807, 2.05) is 13.8 Å². The van der Waals surface area contributed by atoms with Gasteiger partial charge in [0.1, 0.15) is 22.6 Å². The van der Waals surface area contributed by atoms with Crippen molar-refractivity contribution < 1.29 is 19.4 Å². The molecule has 1 heterocycles. The van der Waals surface area contributed by atoms with Crippen LogP contribution in [0.5, 0.6) is 11.5 Å². The average molecular weight is 336 g/mol. The Morgan fingerprint density at radius 1 is 1.04 bits per heavy atom. The summed E-state index contributed by atoms with van der Waals surface area (Å²) in [6.45, 7) is 3.73. The van der Waals surface area contributed by atoms with Crippen LogP contribution in [0.25, 0.3) is 17.0 Å². The van der Waals surface area contributed by atoms with Gasteiger partial charge in [-0.3, -0.25) is 4.79 Å². The summed E-state index contributed by atoms with van der Waals surface area (Å²) < 4.78 is 5.20. The maximum absolute atomic E-state index is 12.4. The summed E-state index contributed by atoms with van der Waals surface area (Å²) in [4.78, 5) is 24.5. The molecule has 2 aromatic carbocycles. The molecule has 0 aliphatic heterocycles. The third-order valence-corrected chi connectivity index (χ3v) is 4.06. The molecule has 0 spiro atoms. The maximum atomic E-state index is 12.4. The number of phenolic OH excluding ortho intramolecular Hbond substituents is 1. The molecule has 2 N–H and O–H groups in total. The van der Waals surface area contributed by atoms with Gasteiger partial charge in [0.05, 0.1) is 5.39 Å². The fourth-order valence-corrected chi connectivity index (χ4v) is 2.50. The second-order valence-electron chi connectivity index (χ2n) is 5.83. The van der Waals surface area contributed by atoms with Crippen molar-refractivity contribution in [1.82, 2.24) is 0 Å². The van der Waals surface area contributed by atoms with Gasteiger partial charge in [-0.25, -0.2) is 4.79 Å². The second kappa shape index (κ2) is 6.28. The van der Waals surface area contributed by atoms with E-state index < -0.39 is 17.0 Å². The van der Waals surface area contributed by atoms with Gasteiger partial charge >= 0.3 is 5.63 Å². The molecule has 25 heavy (non-hydrogen) atoms. The largest absolute Gasteiger partial charge is 0.508 e. The lowest BCUT2D eigenvalue weighted by Gasteiger charge is -2.07. The Bertz CT molecular complexity index is 1060. The van der Waals surface area contributed by atoms with Crippen LogP contribution in [0, 0.1) is 13.8 Å². The first-order valence-corrected chi connectivity index (χ1v) is 7.65. The number of phenols is 1. The average Bonchev–Trinajstić information content (AvgIpc) is 2.56. The van der Waals surface area contributed by atoms with Gasteiger partial charge in [-0.1, -0.05) is 18.2 Å². The zero-order valence-electron chi connectivity index (χ0n) is 13.7. The van der Waals surface area contributed by atoms with Gasteiger partial charge in [0.15, 0.2) is 5.78 Å². The molecule has 0 amide bonds. The van der Waals surface area contributed by atoms with Crippen molar-refractivity contribution in [1.29, 1.82) is 0 Å². The number of rotatable bonds is 3. The molecule has 126 valence electrons. The Morgan fingerprint density at radius 3 is 2.36 bits per heavy atom. The number of aryl methyl sites for hydroxylation is 2. The van der Waals surface area contributed by atoms with Gasteiger partial charge in [-0.2, -0.15) is 0 Å². The quantitative estimate of drug-likeness (QED) is 0.432. The van der Waals surface area contributed by atoms with Crippen molar-refractivity contribution in [3.05, 3.63) is 75.1 Å². The second-order valence-corrected chi connectivity index (χ2v) is 5.83. The third-order valence-electron chi connectivity index (χ3n) is 4.06. The molecule has 3 aromatic rings. The van der Waals surface area contributed by atoms with E-state index in [0.717, 1.165) is 11.1 Å². The Kier molecular flexibility index (Phi) is 4.15. The summed E-state index contributed by atoms with van der Waals surface area (Å²) in [5.74, 6) is -0.920. The molecule has 0 unspecified atom stereocenters. The standard InChI is InChI=1S/C20H16O5/c1-11-9-15-17(10-12(11)2)25-20(24)18(19(15)23)16(22)8-5-13-3-6-14(21)7-4-13/h3-10,21,23H,1-2H3/b8-5+. The van der Waals surface area contributed by atoms with Crippen molar-refractivity contribution in [2.45, 2.75) is 13.8 Å². The normalized spacial score (nSPS) is 11.3. The number of benzene rings is 2. The summed E-state index contributed by atoms with van der Waals surface area (Å²) >= 11 is 0. The first kappa shape index (κ1) is 16.5. The molecular formula is C20H16O5. The van der Waals surface area contributed by atoms with E-state index in [1.165, 1.54) is 24.3 Å². The zero-order chi connectivity index (χ0) is 18.1. The van der Waals surface area contributed by atoms with Crippen molar-refractivity contribution in [3.8, 4) is 11.5 Å². The molecule has 5 heteroatoms. The van der Waals surface area contributed by atoms with E-state index in [4.69, 9.17) is 4.42 Å². The van der Waals surface area contributed by atoms with Crippen LogP contribution < -0.4 is 5.63 Å². The van der Waals surface area contributed by atoms with E-state index in [0.29, 0.717) is 10.9 Å². The number of allylic oxidation sites excluding steroid dienone is 1. The number of hydrogen-bond donors (Lipinski definition) is 2. The summed E-state index contributed by atoms with van der Waals surface area (Å²) in [5, 5.41) is 20.0. The molecule has 0 aliphatic rings. The highest BCUT2D eigenvalue weighted by Crippen LogP contribution is 2.29. The summed E-state index contributed by atoms with van der Waals surface area (Å²) in [6.07, 6.45) is 2.68. The van der Waals surface area contributed by atoms with Crippen LogP contribution in [0.4, 0.5) is 0 Å². The van der Waals surface area contributed by atoms with E-state index in [1.54, 1.807) is 24.3 Å². The smallest absolute Gasteiger partial charge is 0.351 e. The number of ketones is 1. The van der Waals surface area contributed by atoms with Gasteiger partial charge in [0, 0.05) is 0 Å². The van der Waals surface area contributed by atoms with Gasteiger partial charge in [-0.05, 0) is 60.9 Å². The molecule has 0 radical (unpaired) electrons. The van der Waals surface area contributed by atoms with Crippen LogP contribution in [-0.2, 0) is 0 Å². The molecule has 0 atom stereocenters. The molecular weight excluding hydrogens is 320 g/mol. The minimum Gasteiger partial charge on any atom is -0.508 e. The predicted molar refractivity (Wildman–Crippen MR) is 95.1 cm³/mol. The molecule has 0 aliphatic carbocycles. The fraction of sp³-hybridized carbons (Fsp3) is 0.100. The number of carbonyl (C=O) groups is 1. The van der Waals surface area contributed by atoms with Crippen LogP contribution in [0.1, 0.15) is 27.0 Å². The lowest BCUT2D eigenvalue weighted by molar-refractivity contribution is 0.104. The molecule has 0 fully saturated rings. The maximum Gasteiger partial charge on any atom is 0.351 e. The number of fused-ring (bicyclic) bond motifs is 1. The van der Waals surface area contributed by atoms with Crippen LogP contribution in [0.3, 0.4) is 0 Å². The fourth-order valence-electron chi connectivity index (χ4n) is 2.50. The topological polar surface area (TPSA) is 87.7 Å².